The number of rotatable bonds is 6. The number of methoxy groups -OCH3 is 1. The number of hydrogen-bond donors (Lipinski definition) is 1. The maximum absolute atomic E-state index is 11.3. The normalized spacial score (nSPS) is 35.5. The van der Waals surface area contributed by atoms with Gasteiger partial charge in [-0.25, -0.2) is 0 Å². The molecule has 138 valence electrons. The maximum Gasteiger partial charge on any atom is 0.260 e. The molecule has 0 amide bonds. The third-order valence-electron chi connectivity index (χ3n) is 5.67. The molecule has 1 N–H and O–H groups in total. The van der Waals surface area contributed by atoms with Gasteiger partial charge in [0.25, 0.3) is 5.88 Å². The smallest absolute Gasteiger partial charge is 0.260 e. The van der Waals surface area contributed by atoms with Gasteiger partial charge in [-0.1, -0.05) is 13.3 Å². The van der Waals surface area contributed by atoms with Crippen LogP contribution in [0.2, 0.25) is 0 Å². The largest absolute Gasteiger partial charge is 0.498 e. The number of unbranched alkanes of at least 4 members (excludes halogenated alkanes) is 1. The molecule has 7 nitrogen and oxygen atoms in total. The lowest BCUT2D eigenvalue weighted by Crippen LogP contribution is -2.51. The molecular formula is C18H26N2O5. The van der Waals surface area contributed by atoms with Gasteiger partial charge in [0, 0.05) is 5.92 Å². The first-order valence-corrected chi connectivity index (χ1v) is 8.95. The third kappa shape index (κ3) is 2.19. The summed E-state index contributed by atoms with van der Waals surface area (Å²) >= 11 is 0. The Labute approximate surface area is 147 Å². The van der Waals surface area contributed by atoms with E-state index in [1.807, 2.05) is 20.2 Å². The fourth-order valence-electron chi connectivity index (χ4n) is 4.61. The summed E-state index contributed by atoms with van der Waals surface area (Å²) in [7, 11) is 5.63. The van der Waals surface area contributed by atoms with Gasteiger partial charge >= 0.3 is 0 Å². The van der Waals surface area contributed by atoms with Gasteiger partial charge in [-0.3, -0.25) is 4.90 Å². The van der Waals surface area contributed by atoms with E-state index < -0.39 is 11.7 Å². The average Bonchev–Trinajstić information content (AvgIpc) is 3.26. The van der Waals surface area contributed by atoms with E-state index >= 15 is 0 Å². The molecule has 1 fully saturated rings. The number of aromatic nitrogens is 1. The molecule has 0 aromatic carbocycles. The SMILES string of the molecule is CCCCOc1noc2c1C(O)[C@@]13O[C@@H](C=C1OC)CC3[C@@H]2N(C)C. The van der Waals surface area contributed by atoms with E-state index in [0.29, 0.717) is 29.6 Å². The highest BCUT2D eigenvalue weighted by Gasteiger charge is 2.68. The Bertz CT molecular complexity index is 685. The maximum atomic E-state index is 11.3. The lowest BCUT2D eigenvalue weighted by molar-refractivity contribution is -0.132. The van der Waals surface area contributed by atoms with Crippen LogP contribution in [0.25, 0.3) is 0 Å². The lowest BCUT2D eigenvalue weighted by atomic mass is 9.66. The molecule has 4 rings (SSSR count). The Morgan fingerprint density at radius 1 is 1.44 bits per heavy atom. The quantitative estimate of drug-likeness (QED) is 0.788. The molecular weight excluding hydrogens is 324 g/mol. The van der Waals surface area contributed by atoms with Gasteiger partial charge < -0.3 is 23.8 Å². The van der Waals surface area contributed by atoms with Crippen LogP contribution in [0.3, 0.4) is 0 Å². The van der Waals surface area contributed by atoms with Gasteiger partial charge in [0.2, 0.25) is 0 Å². The van der Waals surface area contributed by atoms with Crippen LogP contribution in [0.4, 0.5) is 0 Å². The monoisotopic (exact) mass is 350 g/mol. The predicted molar refractivity (Wildman–Crippen MR) is 89.1 cm³/mol. The van der Waals surface area contributed by atoms with E-state index in [1.165, 1.54) is 0 Å². The number of nitrogens with zero attached hydrogens (tertiary/aromatic N) is 2. The summed E-state index contributed by atoms with van der Waals surface area (Å²) in [5, 5.41) is 15.4. The summed E-state index contributed by atoms with van der Waals surface area (Å²) in [5.41, 5.74) is -0.299. The lowest BCUT2D eigenvalue weighted by Gasteiger charge is -2.46. The highest BCUT2D eigenvalue weighted by Crippen LogP contribution is 2.63. The van der Waals surface area contributed by atoms with Crippen molar-refractivity contribution in [1.29, 1.82) is 0 Å². The molecule has 3 aliphatic rings. The molecule has 25 heavy (non-hydrogen) atoms. The minimum atomic E-state index is -0.926. The summed E-state index contributed by atoms with van der Waals surface area (Å²) in [6, 6.07) is -0.0572. The highest BCUT2D eigenvalue weighted by molar-refractivity contribution is 5.45. The Morgan fingerprint density at radius 3 is 2.92 bits per heavy atom. The van der Waals surface area contributed by atoms with Crippen molar-refractivity contribution in [3.8, 4) is 5.88 Å². The van der Waals surface area contributed by atoms with Crippen molar-refractivity contribution in [2.24, 2.45) is 5.92 Å². The van der Waals surface area contributed by atoms with Crippen molar-refractivity contribution < 1.29 is 23.8 Å². The second-order valence-corrected chi connectivity index (χ2v) is 7.31. The molecule has 2 aliphatic heterocycles. The molecule has 1 aromatic rings. The Kier molecular flexibility index (Phi) is 4.05. The molecule has 1 spiro atoms. The van der Waals surface area contributed by atoms with Gasteiger partial charge in [0.15, 0.2) is 11.4 Å². The average molecular weight is 350 g/mol. The Hall–Kier alpha value is -1.57. The van der Waals surface area contributed by atoms with Crippen molar-refractivity contribution in [3.05, 3.63) is 23.2 Å². The first kappa shape index (κ1) is 16.9. The highest BCUT2D eigenvalue weighted by atomic mass is 16.6. The standard InChI is InChI=1S/C18H26N2O5/c1-5-6-7-23-17-13-15(25-19-17)14(20(2)3)11-8-10-9-12(22-4)18(11,24-10)16(13)21/h9-11,14,16,21H,5-8H2,1-4H3/t10-,11?,14+,16?,18+/m1/s1. The number of ether oxygens (including phenoxy) is 3. The van der Waals surface area contributed by atoms with Gasteiger partial charge in [-0.05, 0) is 38.2 Å². The second kappa shape index (κ2) is 6.00. The van der Waals surface area contributed by atoms with Crippen molar-refractivity contribution in [3.63, 3.8) is 0 Å². The summed E-state index contributed by atoms with van der Waals surface area (Å²) in [5.74, 6) is 1.77. The molecule has 2 unspecified atom stereocenters. The van der Waals surface area contributed by atoms with Crippen LogP contribution in [0.5, 0.6) is 5.88 Å². The zero-order valence-electron chi connectivity index (χ0n) is 15.2. The van der Waals surface area contributed by atoms with Crippen LogP contribution < -0.4 is 4.74 Å². The van der Waals surface area contributed by atoms with Crippen molar-refractivity contribution in [1.82, 2.24) is 10.1 Å². The molecule has 0 saturated carbocycles. The van der Waals surface area contributed by atoms with Crippen molar-refractivity contribution in [2.75, 3.05) is 27.8 Å². The van der Waals surface area contributed by atoms with Crippen molar-refractivity contribution >= 4 is 0 Å². The molecule has 5 atom stereocenters. The van der Waals surface area contributed by atoms with Crippen LogP contribution in [0.1, 0.15) is 49.7 Å². The van der Waals surface area contributed by atoms with E-state index in [0.717, 1.165) is 19.3 Å². The molecule has 1 aromatic heterocycles. The fourth-order valence-corrected chi connectivity index (χ4v) is 4.61. The van der Waals surface area contributed by atoms with Crippen LogP contribution in [0, 0.1) is 5.92 Å². The van der Waals surface area contributed by atoms with E-state index in [9.17, 15) is 5.11 Å². The van der Waals surface area contributed by atoms with Crippen LogP contribution in [0.15, 0.2) is 16.4 Å². The van der Waals surface area contributed by atoms with Crippen LogP contribution in [-0.4, -0.2) is 54.7 Å². The first-order chi connectivity index (χ1) is 12.0. The summed E-state index contributed by atoms with van der Waals surface area (Å²) in [4.78, 5) is 2.09. The van der Waals surface area contributed by atoms with E-state index in [-0.39, 0.29) is 18.1 Å². The minimum absolute atomic E-state index is 0.0337. The summed E-state index contributed by atoms with van der Waals surface area (Å²) in [6.45, 7) is 2.64. The topological polar surface area (TPSA) is 77.2 Å². The van der Waals surface area contributed by atoms with Gasteiger partial charge in [0.1, 0.15) is 11.9 Å². The molecule has 3 heterocycles. The predicted octanol–water partition coefficient (Wildman–Crippen LogP) is 2.19. The summed E-state index contributed by atoms with van der Waals surface area (Å²) < 4.78 is 23.3. The zero-order chi connectivity index (χ0) is 17.8. The number of hydrogen-bond acceptors (Lipinski definition) is 7. The fraction of sp³-hybridized carbons (Fsp3) is 0.722. The molecule has 1 aliphatic carbocycles. The number of aliphatic hydroxyl groups excluding tert-OH is 1. The van der Waals surface area contributed by atoms with E-state index in [4.69, 9.17) is 18.7 Å². The van der Waals surface area contributed by atoms with Crippen molar-refractivity contribution in [2.45, 2.75) is 50.0 Å². The third-order valence-corrected chi connectivity index (χ3v) is 5.67. The van der Waals surface area contributed by atoms with Gasteiger partial charge in [0.05, 0.1) is 31.4 Å². The van der Waals surface area contributed by atoms with Gasteiger partial charge in [-0.2, -0.15) is 0 Å². The van der Waals surface area contributed by atoms with Gasteiger partial charge in [-0.15, -0.1) is 0 Å². The molecule has 2 bridgehead atoms. The molecule has 1 saturated heterocycles. The second-order valence-electron chi connectivity index (χ2n) is 7.31. The number of fused-ring (bicyclic) bond motifs is 2. The molecule has 0 radical (unpaired) electrons. The van der Waals surface area contributed by atoms with E-state index in [2.05, 4.69) is 17.0 Å². The summed E-state index contributed by atoms with van der Waals surface area (Å²) in [6.07, 6.45) is 3.77. The van der Waals surface area contributed by atoms with Crippen LogP contribution >= 0.6 is 0 Å². The first-order valence-electron chi connectivity index (χ1n) is 8.95. The Morgan fingerprint density at radius 2 is 2.24 bits per heavy atom. The molecule has 7 heteroatoms. The zero-order valence-corrected chi connectivity index (χ0v) is 15.2. The Balaban J connectivity index is 1.80. The number of aliphatic hydroxyl groups is 1. The van der Waals surface area contributed by atoms with Crippen LogP contribution in [-0.2, 0) is 9.47 Å². The van der Waals surface area contributed by atoms with E-state index in [1.54, 1.807) is 7.11 Å². The minimum Gasteiger partial charge on any atom is -0.498 e.